The molecule has 1 saturated carbocycles. The average molecular weight is 316 g/mol. The Kier molecular flexibility index (Phi) is 3.85. The Morgan fingerprint density at radius 3 is 3.06 bits per heavy atom. The van der Waals surface area contributed by atoms with Gasteiger partial charge in [-0.3, -0.25) is 4.79 Å². The van der Waals surface area contributed by atoms with Gasteiger partial charge in [-0.15, -0.1) is 0 Å². The zero-order valence-electron chi connectivity index (χ0n) is 9.64. The fourth-order valence-corrected chi connectivity index (χ4v) is 2.15. The van der Waals surface area contributed by atoms with Crippen molar-refractivity contribution in [2.45, 2.75) is 25.3 Å². The molecule has 0 saturated heterocycles. The molecular weight excluding hydrogens is 302 g/mol. The standard InChI is InChI=1S/C10H14BrN5O2/c11-8-9(13-5-14-10(8)17)16(6-1-2-6)4-3-7(12)15-18/h5-6,18H,1-4H2,(H2,12,15)(H,13,14,17). The number of rotatable bonds is 5. The van der Waals surface area contributed by atoms with Gasteiger partial charge in [0.15, 0.2) is 5.82 Å². The van der Waals surface area contributed by atoms with Crippen LogP contribution in [0.3, 0.4) is 0 Å². The van der Waals surface area contributed by atoms with Crippen molar-refractivity contribution in [3.8, 4) is 0 Å². The van der Waals surface area contributed by atoms with E-state index in [0.717, 1.165) is 12.8 Å². The molecule has 2 rings (SSSR count). The Morgan fingerprint density at radius 2 is 2.44 bits per heavy atom. The number of nitrogens with two attached hydrogens (primary N) is 1. The summed E-state index contributed by atoms with van der Waals surface area (Å²) in [5.74, 6) is 0.772. The lowest BCUT2D eigenvalue weighted by atomic mass is 10.3. The lowest BCUT2D eigenvalue weighted by Gasteiger charge is -2.23. The highest BCUT2D eigenvalue weighted by molar-refractivity contribution is 9.10. The summed E-state index contributed by atoms with van der Waals surface area (Å²) in [6.45, 7) is 0.565. The van der Waals surface area contributed by atoms with Crippen molar-refractivity contribution >= 4 is 27.6 Å². The molecule has 0 spiro atoms. The van der Waals surface area contributed by atoms with Crippen LogP contribution in [0, 0.1) is 0 Å². The first-order chi connectivity index (χ1) is 8.63. The average Bonchev–Trinajstić information content (AvgIpc) is 3.18. The maximum atomic E-state index is 11.5. The van der Waals surface area contributed by atoms with E-state index in [1.807, 2.05) is 4.90 Å². The van der Waals surface area contributed by atoms with Gasteiger partial charge in [0.25, 0.3) is 5.56 Å². The molecule has 0 aromatic carbocycles. The van der Waals surface area contributed by atoms with Crippen LogP contribution in [-0.2, 0) is 0 Å². The van der Waals surface area contributed by atoms with Gasteiger partial charge >= 0.3 is 0 Å². The molecule has 98 valence electrons. The molecule has 1 aliphatic carbocycles. The Morgan fingerprint density at radius 1 is 1.72 bits per heavy atom. The Bertz CT molecular complexity index is 511. The third-order valence-corrected chi connectivity index (χ3v) is 3.49. The van der Waals surface area contributed by atoms with Crippen molar-refractivity contribution < 1.29 is 5.21 Å². The van der Waals surface area contributed by atoms with Gasteiger partial charge in [0.2, 0.25) is 0 Å². The summed E-state index contributed by atoms with van der Waals surface area (Å²) in [4.78, 5) is 20.2. The van der Waals surface area contributed by atoms with Crippen molar-refractivity contribution in [3.05, 3.63) is 21.2 Å². The van der Waals surface area contributed by atoms with Crippen molar-refractivity contribution in [3.63, 3.8) is 0 Å². The summed E-state index contributed by atoms with van der Waals surface area (Å²) in [7, 11) is 0. The number of hydrogen-bond acceptors (Lipinski definition) is 5. The molecule has 18 heavy (non-hydrogen) atoms. The van der Waals surface area contributed by atoms with Gasteiger partial charge in [-0.1, -0.05) is 5.16 Å². The van der Waals surface area contributed by atoms with E-state index in [2.05, 4.69) is 31.1 Å². The van der Waals surface area contributed by atoms with E-state index >= 15 is 0 Å². The van der Waals surface area contributed by atoms with Gasteiger partial charge in [0, 0.05) is 19.0 Å². The number of oxime groups is 1. The molecule has 1 heterocycles. The van der Waals surface area contributed by atoms with Gasteiger partial charge in [0.1, 0.15) is 10.3 Å². The van der Waals surface area contributed by atoms with E-state index in [9.17, 15) is 4.79 Å². The van der Waals surface area contributed by atoms with Crippen molar-refractivity contribution in [2.24, 2.45) is 10.9 Å². The molecule has 0 unspecified atom stereocenters. The zero-order valence-corrected chi connectivity index (χ0v) is 11.2. The van der Waals surface area contributed by atoms with Gasteiger partial charge < -0.3 is 20.8 Å². The van der Waals surface area contributed by atoms with E-state index in [1.54, 1.807) is 0 Å². The molecule has 4 N–H and O–H groups in total. The van der Waals surface area contributed by atoms with Crippen LogP contribution < -0.4 is 16.2 Å². The summed E-state index contributed by atoms with van der Waals surface area (Å²) < 4.78 is 0.413. The Hall–Kier alpha value is -1.57. The van der Waals surface area contributed by atoms with Crippen LogP contribution in [-0.4, -0.2) is 33.6 Å². The van der Waals surface area contributed by atoms with Crippen LogP contribution >= 0.6 is 15.9 Å². The fourth-order valence-electron chi connectivity index (χ4n) is 1.71. The van der Waals surface area contributed by atoms with Gasteiger partial charge in [-0.05, 0) is 28.8 Å². The number of nitrogens with one attached hydrogen (secondary N) is 1. The highest BCUT2D eigenvalue weighted by Gasteiger charge is 2.31. The highest BCUT2D eigenvalue weighted by Crippen LogP contribution is 2.32. The molecule has 7 nitrogen and oxygen atoms in total. The SMILES string of the molecule is NC(CCN(c1nc[nH]c(=O)c1Br)C1CC1)=NO. The number of nitrogens with zero attached hydrogens (tertiary/aromatic N) is 3. The number of halogens is 1. The third-order valence-electron chi connectivity index (χ3n) is 2.78. The van der Waals surface area contributed by atoms with Crippen LogP contribution in [0.15, 0.2) is 20.8 Å². The largest absolute Gasteiger partial charge is 0.409 e. The van der Waals surface area contributed by atoms with Crippen LogP contribution in [0.5, 0.6) is 0 Å². The molecule has 1 aromatic heterocycles. The molecule has 1 aliphatic rings. The third kappa shape index (κ3) is 2.81. The smallest absolute Gasteiger partial charge is 0.267 e. The van der Waals surface area contributed by atoms with E-state index in [1.165, 1.54) is 6.33 Å². The highest BCUT2D eigenvalue weighted by atomic mass is 79.9. The van der Waals surface area contributed by atoms with E-state index < -0.39 is 0 Å². The predicted octanol–water partition coefficient (Wildman–Crippen LogP) is 0.638. The molecule has 0 atom stereocenters. The molecule has 0 bridgehead atoms. The summed E-state index contributed by atoms with van der Waals surface area (Å²) in [6, 6.07) is 0.377. The molecule has 1 aromatic rings. The molecule has 8 heteroatoms. The number of aromatic amines is 1. The van der Waals surface area contributed by atoms with Crippen LogP contribution in [0.25, 0.3) is 0 Å². The molecule has 1 fully saturated rings. The predicted molar refractivity (Wildman–Crippen MR) is 71.0 cm³/mol. The number of amidine groups is 1. The van der Waals surface area contributed by atoms with Gasteiger partial charge in [0.05, 0.1) is 6.33 Å². The number of anilines is 1. The minimum atomic E-state index is -0.213. The first-order valence-electron chi connectivity index (χ1n) is 5.59. The second-order valence-corrected chi connectivity index (χ2v) is 4.93. The minimum absolute atomic E-state index is 0.168. The molecule has 0 radical (unpaired) electrons. The Balaban J connectivity index is 2.19. The molecule has 0 amide bonds. The minimum Gasteiger partial charge on any atom is -0.409 e. The summed E-state index contributed by atoms with van der Waals surface area (Å²) in [5.41, 5.74) is 5.25. The number of H-pyrrole nitrogens is 1. The van der Waals surface area contributed by atoms with E-state index in [4.69, 9.17) is 10.9 Å². The lowest BCUT2D eigenvalue weighted by molar-refractivity contribution is 0.317. The van der Waals surface area contributed by atoms with Crippen LogP contribution in [0.4, 0.5) is 5.82 Å². The van der Waals surface area contributed by atoms with Crippen molar-refractivity contribution in [1.29, 1.82) is 0 Å². The summed E-state index contributed by atoms with van der Waals surface area (Å²) in [5, 5.41) is 11.5. The van der Waals surface area contributed by atoms with Crippen LogP contribution in [0.2, 0.25) is 0 Å². The van der Waals surface area contributed by atoms with Gasteiger partial charge in [-0.25, -0.2) is 4.98 Å². The Labute approximate surface area is 112 Å². The lowest BCUT2D eigenvalue weighted by Crippen LogP contribution is -2.32. The number of aromatic nitrogens is 2. The molecular formula is C10H14BrN5O2. The second kappa shape index (κ2) is 5.38. The zero-order chi connectivity index (χ0) is 13.1. The van der Waals surface area contributed by atoms with Crippen LogP contribution in [0.1, 0.15) is 19.3 Å². The topological polar surface area (TPSA) is 108 Å². The normalized spacial score (nSPS) is 15.7. The van der Waals surface area contributed by atoms with E-state index in [-0.39, 0.29) is 11.4 Å². The monoisotopic (exact) mass is 315 g/mol. The first-order valence-corrected chi connectivity index (χ1v) is 6.39. The summed E-state index contributed by atoms with van der Waals surface area (Å²) >= 11 is 3.24. The second-order valence-electron chi connectivity index (χ2n) is 4.14. The van der Waals surface area contributed by atoms with Crippen molar-refractivity contribution in [2.75, 3.05) is 11.4 Å². The fraction of sp³-hybridized carbons (Fsp3) is 0.500. The quantitative estimate of drug-likeness (QED) is 0.320. The summed E-state index contributed by atoms with van der Waals surface area (Å²) in [6.07, 6.45) is 3.93. The maximum absolute atomic E-state index is 11.5. The first kappa shape index (κ1) is 12.9. The van der Waals surface area contributed by atoms with Gasteiger partial charge in [-0.2, -0.15) is 0 Å². The van der Waals surface area contributed by atoms with E-state index in [0.29, 0.717) is 29.3 Å². The maximum Gasteiger partial charge on any atom is 0.267 e. The number of hydrogen-bond donors (Lipinski definition) is 3. The van der Waals surface area contributed by atoms with Crippen molar-refractivity contribution in [1.82, 2.24) is 9.97 Å². The molecule has 0 aliphatic heterocycles.